The SMILES string of the molecule is c1ccc2c(c1)Sc1ccc3c4c5sc6ccccc6c5ccc4n4c3c1B2c1ccccc1-4. The predicted molar refractivity (Wildman–Crippen MR) is 149 cm³/mol. The van der Waals surface area contributed by atoms with E-state index in [2.05, 4.69) is 102 Å². The summed E-state index contributed by atoms with van der Waals surface area (Å²) in [5, 5.41) is 5.51. The Hall–Kier alpha value is -3.47. The number of para-hydroxylation sites is 1. The lowest BCUT2D eigenvalue weighted by Gasteiger charge is -2.32. The Morgan fingerprint density at radius 2 is 1.41 bits per heavy atom. The summed E-state index contributed by atoms with van der Waals surface area (Å²) in [6.45, 7) is 0.280. The lowest BCUT2D eigenvalue weighted by Crippen LogP contribution is -2.58. The van der Waals surface area contributed by atoms with Gasteiger partial charge in [0, 0.05) is 46.4 Å². The average Bonchev–Trinajstić information content (AvgIpc) is 3.43. The fourth-order valence-electron chi connectivity index (χ4n) is 6.34. The van der Waals surface area contributed by atoms with Crippen LogP contribution in [0.15, 0.2) is 107 Å². The van der Waals surface area contributed by atoms with Crippen molar-refractivity contribution in [2.24, 2.45) is 0 Å². The summed E-state index contributed by atoms with van der Waals surface area (Å²) in [7, 11) is 0. The van der Waals surface area contributed by atoms with Crippen LogP contribution >= 0.6 is 23.1 Å². The molecular weight excluding hydrogens is 449 g/mol. The Labute approximate surface area is 204 Å². The zero-order chi connectivity index (χ0) is 22.0. The number of aromatic nitrogens is 1. The van der Waals surface area contributed by atoms with Crippen LogP contribution in [0.2, 0.25) is 0 Å². The van der Waals surface area contributed by atoms with Gasteiger partial charge in [0.05, 0.1) is 11.0 Å². The molecule has 156 valence electrons. The number of thiophene rings is 1. The number of hydrogen-bond donors (Lipinski definition) is 0. The van der Waals surface area contributed by atoms with Gasteiger partial charge in [-0.25, -0.2) is 0 Å². The highest BCUT2D eigenvalue weighted by molar-refractivity contribution is 8.00. The van der Waals surface area contributed by atoms with Crippen LogP contribution in [0.3, 0.4) is 0 Å². The van der Waals surface area contributed by atoms with Gasteiger partial charge in [-0.3, -0.25) is 0 Å². The summed E-state index contributed by atoms with van der Waals surface area (Å²) in [4.78, 5) is 2.77. The molecule has 34 heavy (non-hydrogen) atoms. The third-order valence-electron chi connectivity index (χ3n) is 7.66. The molecule has 2 aliphatic heterocycles. The fraction of sp³-hybridized carbons (Fsp3) is 0. The van der Waals surface area contributed by atoms with E-state index in [1.165, 1.54) is 73.8 Å². The molecule has 2 aliphatic rings. The van der Waals surface area contributed by atoms with E-state index in [9.17, 15) is 0 Å². The van der Waals surface area contributed by atoms with Gasteiger partial charge in [-0.1, -0.05) is 84.0 Å². The number of hydrogen-bond acceptors (Lipinski definition) is 2. The van der Waals surface area contributed by atoms with E-state index in [0.717, 1.165) is 0 Å². The maximum atomic E-state index is 2.55. The van der Waals surface area contributed by atoms with Crippen molar-refractivity contribution in [3.63, 3.8) is 0 Å². The van der Waals surface area contributed by atoms with Crippen molar-refractivity contribution in [1.29, 1.82) is 0 Å². The van der Waals surface area contributed by atoms with Gasteiger partial charge in [0.2, 0.25) is 6.71 Å². The lowest BCUT2D eigenvalue weighted by atomic mass is 9.35. The Kier molecular flexibility index (Phi) is 3.24. The molecule has 7 aromatic rings. The predicted octanol–water partition coefficient (Wildman–Crippen LogP) is 6.45. The first kappa shape index (κ1) is 17.9. The lowest BCUT2D eigenvalue weighted by molar-refractivity contribution is 1.18. The Balaban J connectivity index is 1.54. The number of fused-ring (bicyclic) bond motifs is 12. The van der Waals surface area contributed by atoms with Crippen molar-refractivity contribution in [2.75, 3.05) is 0 Å². The first-order valence-corrected chi connectivity index (χ1v) is 13.3. The first-order chi connectivity index (χ1) is 16.9. The summed E-state index contributed by atoms with van der Waals surface area (Å²) in [5.41, 5.74) is 8.35. The second kappa shape index (κ2) is 6.15. The minimum atomic E-state index is 0.280. The summed E-state index contributed by atoms with van der Waals surface area (Å²) >= 11 is 3.86. The van der Waals surface area contributed by atoms with Gasteiger partial charge in [-0.15, -0.1) is 11.3 Å². The highest BCUT2D eigenvalue weighted by atomic mass is 32.2. The van der Waals surface area contributed by atoms with Gasteiger partial charge in [-0.2, -0.15) is 0 Å². The molecule has 5 aromatic carbocycles. The molecule has 0 atom stereocenters. The molecule has 0 aliphatic carbocycles. The van der Waals surface area contributed by atoms with E-state index in [4.69, 9.17) is 0 Å². The van der Waals surface area contributed by atoms with Crippen molar-refractivity contribution in [1.82, 2.24) is 4.57 Å². The molecule has 9 rings (SSSR count). The molecule has 0 bridgehead atoms. The maximum Gasteiger partial charge on any atom is 0.249 e. The van der Waals surface area contributed by atoms with E-state index >= 15 is 0 Å². The third-order valence-corrected chi connectivity index (χ3v) is 10.0. The topological polar surface area (TPSA) is 4.93 Å². The summed E-state index contributed by atoms with van der Waals surface area (Å²) in [5.74, 6) is 0. The molecule has 2 aromatic heterocycles. The van der Waals surface area contributed by atoms with Crippen molar-refractivity contribution in [3.05, 3.63) is 97.1 Å². The van der Waals surface area contributed by atoms with E-state index in [1.54, 1.807) is 0 Å². The largest absolute Gasteiger partial charge is 0.310 e. The maximum absolute atomic E-state index is 2.55. The van der Waals surface area contributed by atoms with Crippen LogP contribution in [-0.2, 0) is 0 Å². The molecule has 0 amide bonds. The van der Waals surface area contributed by atoms with Gasteiger partial charge in [0.1, 0.15) is 0 Å². The number of rotatable bonds is 0. The molecule has 0 spiro atoms. The second-order valence-electron chi connectivity index (χ2n) is 9.28. The standard InChI is InChI=1S/C30H16BNS2/c1-5-11-24-17(7-1)18-13-15-23-27(30(18)34-24)19-14-16-26-28-29(19)32(23)22-10-4-2-8-20(22)31(28)21-9-3-6-12-25(21)33-26/h1-16H. The molecule has 0 N–H and O–H groups in total. The van der Waals surface area contributed by atoms with Crippen LogP contribution < -0.4 is 16.4 Å². The average molecular weight is 465 g/mol. The van der Waals surface area contributed by atoms with Gasteiger partial charge in [0.25, 0.3) is 0 Å². The van der Waals surface area contributed by atoms with E-state index in [-0.39, 0.29) is 6.71 Å². The third kappa shape index (κ3) is 2.02. The Morgan fingerprint density at radius 1 is 0.618 bits per heavy atom. The summed E-state index contributed by atoms with van der Waals surface area (Å²) < 4.78 is 5.32. The smallest absolute Gasteiger partial charge is 0.249 e. The van der Waals surface area contributed by atoms with Crippen molar-refractivity contribution in [3.8, 4) is 5.69 Å². The monoisotopic (exact) mass is 465 g/mol. The van der Waals surface area contributed by atoms with Crippen LogP contribution in [0.1, 0.15) is 0 Å². The fourth-order valence-corrected chi connectivity index (χ4v) is 8.75. The molecule has 4 heterocycles. The van der Waals surface area contributed by atoms with Crippen molar-refractivity contribution in [2.45, 2.75) is 9.79 Å². The highest BCUT2D eigenvalue weighted by Gasteiger charge is 2.39. The summed E-state index contributed by atoms with van der Waals surface area (Å²) in [6.07, 6.45) is 0. The molecule has 0 saturated carbocycles. The van der Waals surface area contributed by atoms with Crippen LogP contribution in [0.25, 0.3) is 47.7 Å². The molecule has 0 saturated heterocycles. The zero-order valence-corrected chi connectivity index (χ0v) is 19.7. The Morgan fingerprint density at radius 3 is 2.38 bits per heavy atom. The molecule has 0 radical (unpaired) electrons. The first-order valence-electron chi connectivity index (χ1n) is 11.7. The van der Waals surface area contributed by atoms with Crippen LogP contribution in [0, 0.1) is 0 Å². The van der Waals surface area contributed by atoms with Gasteiger partial charge >= 0.3 is 0 Å². The van der Waals surface area contributed by atoms with Crippen LogP contribution in [-0.4, -0.2) is 11.3 Å². The van der Waals surface area contributed by atoms with E-state index in [1.807, 2.05) is 23.1 Å². The van der Waals surface area contributed by atoms with Gasteiger partial charge in [-0.05, 0) is 41.3 Å². The van der Waals surface area contributed by atoms with Gasteiger partial charge in [0.15, 0.2) is 0 Å². The number of benzene rings is 5. The normalized spacial score (nSPS) is 13.7. The zero-order valence-electron chi connectivity index (χ0n) is 18.1. The highest BCUT2D eigenvalue weighted by Crippen LogP contribution is 2.45. The number of nitrogens with zero attached hydrogens (tertiary/aromatic N) is 1. The minimum absolute atomic E-state index is 0.280. The quantitative estimate of drug-likeness (QED) is 0.233. The molecule has 1 nitrogen and oxygen atoms in total. The minimum Gasteiger partial charge on any atom is -0.310 e. The Bertz CT molecular complexity index is 2010. The van der Waals surface area contributed by atoms with Crippen molar-refractivity contribution < 1.29 is 0 Å². The van der Waals surface area contributed by atoms with Gasteiger partial charge < -0.3 is 4.57 Å². The molecule has 0 unspecified atom stereocenters. The molecule has 0 fully saturated rings. The molecular formula is C30H16BNS2. The second-order valence-corrected chi connectivity index (χ2v) is 11.4. The summed E-state index contributed by atoms with van der Waals surface area (Å²) in [6, 6.07) is 36.3. The van der Waals surface area contributed by atoms with Crippen molar-refractivity contribution >= 4 is 88.2 Å². The van der Waals surface area contributed by atoms with E-state index in [0.29, 0.717) is 0 Å². The molecule has 4 heteroatoms. The van der Waals surface area contributed by atoms with Crippen LogP contribution in [0.5, 0.6) is 0 Å². The van der Waals surface area contributed by atoms with Crippen LogP contribution in [0.4, 0.5) is 0 Å². The van der Waals surface area contributed by atoms with E-state index < -0.39 is 0 Å².